The first-order valence-corrected chi connectivity index (χ1v) is 15.6. The number of methoxy groups -OCH3 is 1. The van der Waals surface area contributed by atoms with Crippen molar-refractivity contribution in [1.29, 1.82) is 0 Å². The van der Waals surface area contributed by atoms with Crippen molar-refractivity contribution in [2.45, 2.75) is 39.3 Å². The standard InChI is InChI=1S/C34H30ClN3O5S/c1-4-11-25-28(33(41)43-5-2)29(20-13-10-14-22(18-20)42-3)38-32(40)30(44-34(38)36-25)27-23-15-7-9-17-26(23)37(31(27)39)19-21-12-6-8-16-24(21)35/h6-10,12-18,29H,4-5,11,19H2,1-3H3/b30-27+/t29-/m1/s1. The fourth-order valence-corrected chi connectivity index (χ4v) is 7.06. The molecule has 0 N–H and O–H groups in total. The lowest BCUT2D eigenvalue weighted by atomic mass is 9.94. The van der Waals surface area contributed by atoms with Crippen molar-refractivity contribution in [2.75, 3.05) is 18.6 Å². The number of nitrogens with zero attached hydrogens (tertiary/aromatic N) is 3. The lowest BCUT2D eigenvalue weighted by molar-refractivity contribution is -0.139. The highest BCUT2D eigenvalue weighted by Gasteiger charge is 2.38. The molecule has 2 aliphatic rings. The van der Waals surface area contributed by atoms with E-state index in [0.29, 0.717) is 55.7 Å². The van der Waals surface area contributed by atoms with Crippen molar-refractivity contribution in [2.24, 2.45) is 4.99 Å². The van der Waals surface area contributed by atoms with Crippen LogP contribution in [0.5, 0.6) is 5.75 Å². The molecule has 0 spiro atoms. The molecule has 4 aromatic rings. The highest BCUT2D eigenvalue weighted by molar-refractivity contribution is 7.07. The molecule has 10 heteroatoms. The summed E-state index contributed by atoms with van der Waals surface area (Å²) >= 11 is 7.62. The number of amides is 1. The minimum absolute atomic E-state index is 0.174. The van der Waals surface area contributed by atoms with Crippen LogP contribution in [-0.2, 0) is 20.9 Å². The lowest BCUT2D eigenvalue weighted by Crippen LogP contribution is -2.41. The maximum Gasteiger partial charge on any atom is 0.338 e. The zero-order chi connectivity index (χ0) is 31.0. The number of benzene rings is 3. The molecule has 8 nitrogen and oxygen atoms in total. The Labute approximate surface area is 263 Å². The monoisotopic (exact) mass is 627 g/mol. The van der Waals surface area contributed by atoms with E-state index in [0.717, 1.165) is 23.3 Å². The summed E-state index contributed by atoms with van der Waals surface area (Å²) in [7, 11) is 1.56. The van der Waals surface area contributed by atoms with Crippen molar-refractivity contribution >= 4 is 46.1 Å². The molecule has 0 unspecified atom stereocenters. The van der Waals surface area contributed by atoms with E-state index in [-0.39, 0.29) is 23.6 Å². The molecular formula is C34H30ClN3O5S. The molecule has 3 heterocycles. The average molecular weight is 628 g/mol. The van der Waals surface area contributed by atoms with E-state index in [4.69, 9.17) is 26.1 Å². The first-order chi connectivity index (χ1) is 21.4. The summed E-state index contributed by atoms with van der Waals surface area (Å²) in [6.07, 6.45) is 1.25. The first-order valence-electron chi connectivity index (χ1n) is 14.4. The molecule has 0 radical (unpaired) electrons. The van der Waals surface area contributed by atoms with Crippen LogP contribution in [0.4, 0.5) is 5.69 Å². The fourth-order valence-electron chi connectivity index (χ4n) is 5.75. The second kappa shape index (κ2) is 12.3. The predicted octanol–water partition coefficient (Wildman–Crippen LogP) is 5.16. The summed E-state index contributed by atoms with van der Waals surface area (Å²) in [6.45, 7) is 4.17. The number of hydrogen-bond donors (Lipinski definition) is 0. The van der Waals surface area contributed by atoms with Gasteiger partial charge in [-0.1, -0.05) is 84.8 Å². The number of hydrogen-bond acceptors (Lipinski definition) is 7. The fraction of sp³-hybridized carbons (Fsp3) is 0.235. The van der Waals surface area contributed by atoms with Gasteiger partial charge in [-0.3, -0.25) is 14.2 Å². The summed E-state index contributed by atoms with van der Waals surface area (Å²) in [5.41, 5.74) is 3.59. The minimum Gasteiger partial charge on any atom is -0.497 e. The summed E-state index contributed by atoms with van der Waals surface area (Å²) in [5, 5.41) is 0.554. The first kappa shape index (κ1) is 29.6. The number of para-hydroxylation sites is 1. The van der Waals surface area contributed by atoms with E-state index in [9.17, 15) is 14.4 Å². The number of thiazole rings is 1. The Morgan fingerprint density at radius 1 is 1.02 bits per heavy atom. The highest BCUT2D eigenvalue weighted by Crippen LogP contribution is 2.38. The number of carbonyl (C=O) groups is 2. The third-order valence-corrected chi connectivity index (χ3v) is 9.14. The van der Waals surface area contributed by atoms with Crippen LogP contribution in [0.3, 0.4) is 0 Å². The third-order valence-electron chi connectivity index (χ3n) is 7.71. The molecule has 0 saturated heterocycles. The summed E-state index contributed by atoms with van der Waals surface area (Å²) in [5.74, 6) is -0.244. The molecule has 0 bridgehead atoms. The molecule has 2 aliphatic heterocycles. The Kier molecular flexibility index (Phi) is 8.25. The van der Waals surface area contributed by atoms with Crippen molar-refractivity contribution in [1.82, 2.24) is 4.57 Å². The normalized spacial score (nSPS) is 16.9. The molecule has 6 rings (SSSR count). The summed E-state index contributed by atoms with van der Waals surface area (Å²) < 4.78 is 12.8. The molecule has 1 atom stereocenters. The maximum absolute atomic E-state index is 14.5. The molecule has 0 saturated carbocycles. The van der Waals surface area contributed by atoms with Gasteiger partial charge in [0, 0.05) is 10.6 Å². The van der Waals surface area contributed by atoms with Crippen LogP contribution in [-0.4, -0.2) is 30.2 Å². The summed E-state index contributed by atoms with van der Waals surface area (Å²) in [6, 6.07) is 21.3. The Morgan fingerprint density at radius 3 is 2.55 bits per heavy atom. The van der Waals surface area contributed by atoms with Crippen molar-refractivity contribution in [3.63, 3.8) is 0 Å². The molecule has 1 amide bonds. The van der Waals surface area contributed by atoms with Crippen LogP contribution in [0.25, 0.3) is 5.57 Å². The van der Waals surface area contributed by atoms with E-state index < -0.39 is 17.6 Å². The predicted molar refractivity (Wildman–Crippen MR) is 171 cm³/mol. The van der Waals surface area contributed by atoms with Crippen LogP contribution < -0.4 is 24.5 Å². The topological polar surface area (TPSA) is 90.2 Å². The van der Waals surface area contributed by atoms with Crippen molar-refractivity contribution in [3.05, 3.63) is 125 Å². The van der Waals surface area contributed by atoms with Gasteiger partial charge >= 0.3 is 5.97 Å². The van der Waals surface area contributed by atoms with E-state index in [1.807, 2.05) is 61.5 Å². The van der Waals surface area contributed by atoms with E-state index >= 15 is 0 Å². The lowest BCUT2D eigenvalue weighted by Gasteiger charge is -2.26. The number of halogens is 1. The number of rotatable bonds is 8. The van der Waals surface area contributed by atoms with E-state index in [1.165, 1.54) is 4.57 Å². The molecule has 44 heavy (non-hydrogen) atoms. The number of allylic oxidation sites excluding steroid dienone is 1. The van der Waals surface area contributed by atoms with Crippen molar-refractivity contribution in [3.8, 4) is 5.75 Å². The second-order valence-electron chi connectivity index (χ2n) is 10.4. The quantitative estimate of drug-likeness (QED) is 0.252. The number of anilines is 1. The largest absolute Gasteiger partial charge is 0.497 e. The second-order valence-corrected chi connectivity index (χ2v) is 11.8. The molecular weight excluding hydrogens is 598 g/mol. The van der Waals surface area contributed by atoms with Gasteiger partial charge in [0.15, 0.2) is 4.80 Å². The highest BCUT2D eigenvalue weighted by atomic mass is 35.5. The van der Waals surface area contributed by atoms with Crippen LogP contribution >= 0.6 is 22.9 Å². The van der Waals surface area contributed by atoms with Gasteiger partial charge in [-0.05, 0) is 48.7 Å². The molecule has 224 valence electrons. The SMILES string of the molecule is CCCC1=C(C(=O)OCC)[C@@H](c2cccc(OC)c2)n2c(s/c(=C3/C(=O)N(Cc4ccccc4Cl)c4ccccc43)c2=O)=N1. The van der Waals surface area contributed by atoms with Gasteiger partial charge in [-0.25, -0.2) is 9.79 Å². The van der Waals surface area contributed by atoms with Gasteiger partial charge in [-0.15, -0.1) is 0 Å². The number of aromatic nitrogens is 1. The number of ether oxygens (including phenoxy) is 2. The van der Waals surface area contributed by atoms with Crippen LogP contribution in [0.15, 0.2) is 93.9 Å². The van der Waals surface area contributed by atoms with Gasteiger partial charge in [-0.2, -0.15) is 0 Å². The van der Waals surface area contributed by atoms with Gasteiger partial charge in [0.2, 0.25) is 0 Å². The van der Waals surface area contributed by atoms with Gasteiger partial charge in [0.1, 0.15) is 10.3 Å². The van der Waals surface area contributed by atoms with Gasteiger partial charge < -0.3 is 14.4 Å². The van der Waals surface area contributed by atoms with Gasteiger partial charge in [0.05, 0.1) is 48.8 Å². The minimum atomic E-state index is -0.817. The Bertz CT molecular complexity index is 2010. The molecule has 1 aromatic heterocycles. The van der Waals surface area contributed by atoms with Crippen LogP contribution in [0.1, 0.15) is 49.4 Å². The Balaban J connectivity index is 1.61. The number of fused-ring (bicyclic) bond motifs is 2. The number of carbonyl (C=O) groups excluding carboxylic acids is 2. The molecule has 0 aliphatic carbocycles. The van der Waals surface area contributed by atoms with Crippen LogP contribution in [0.2, 0.25) is 5.02 Å². The number of esters is 1. The molecule has 0 fully saturated rings. The van der Waals surface area contributed by atoms with Crippen LogP contribution in [0, 0.1) is 0 Å². The van der Waals surface area contributed by atoms with E-state index in [1.54, 1.807) is 37.1 Å². The molecule has 3 aromatic carbocycles. The third kappa shape index (κ3) is 5.06. The zero-order valence-corrected chi connectivity index (χ0v) is 26.1. The Morgan fingerprint density at radius 2 is 1.80 bits per heavy atom. The average Bonchev–Trinajstić information content (AvgIpc) is 3.49. The zero-order valence-electron chi connectivity index (χ0n) is 24.5. The summed E-state index contributed by atoms with van der Waals surface area (Å²) in [4.78, 5) is 49.1. The maximum atomic E-state index is 14.5. The van der Waals surface area contributed by atoms with Crippen molar-refractivity contribution < 1.29 is 19.1 Å². The smallest absolute Gasteiger partial charge is 0.338 e. The van der Waals surface area contributed by atoms with Gasteiger partial charge in [0.25, 0.3) is 11.5 Å². The van der Waals surface area contributed by atoms with E-state index in [2.05, 4.69) is 0 Å². The Hall–Kier alpha value is -4.47.